The van der Waals surface area contributed by atoms with Crippen molar-refractivity contribution in [1.29, 1.82) is 0 Å². The number of benzene rings is 3. The van der Waals surface area contributed by atoms with Crippen molar-refractivity contribution in [1.82, 2.24) is 14.5 Å². The van der Waals surface area contributed by atoms with Gasteiger partial charge in [-0.2, -0.15) is 0 Å². The molecule has 0 radical (unpaired) electrons. The maximum atomic E-state index is 13.3. The second kappa shape index (κ2) is 8.05. The van der Waals surface area contributed by atoms with Gasteiger partial charge >= 0.3 is 6.09 Å². The van der Waals surface area contributed by atoms with Crippen LogP contribution in [0.15, 0.2) is 76.0 Å². The molecule has 0 atom stereocenters. The minimum absolute atomic E-state index is 0.00141. The molecule has 0 saturated carbocycles. The first kappa shape index (κ1) is 22.0. The molecule has 2 heterocycles. The number of aromatic nitrogens is 2. The standard InChI is InChI=1S/C28H24BrN3O3/c1-28(2)16-31(14-25-30-24-13-17(29)11-12-22(24)26(33)32(25)28)27(34)35-15-23-20-9-5-3-7-18(20)19-8-4-6-10-21(19)23/h3-13,23H,14-16H2,1-2H3. The Hall–Kier alpha value is -3.45. The molecule has 1 aliphatic carbocycles. The molecule has 1 amide bonds. The summed E-state index contributed by atoms with van der Waals surface area (Å²) < 4.78 is 8.46. The molecule has 176 valence electrons. The summed E-state index contributed by atoms with van der Waals surface area (Å²) in [4.78, 5) is 32.9. The summed E-state index contributed by atoms with van der Waals surface area (Å²) in [6, 6.07) is 22.0. The van der Waals surface area contributed by atoms with E-state index < -0.39 is 11.6 Å². The zero-order valence-corrected chi connectivity index (χ0v) is 21.1. The SMILES string of the molecule is CC1(C)CN(C(=O)OCC2c3ccccc3-c3ccccc32)Cc2nc3cc(Br)ccc3c(=O)n21. The molecule has 0 spiro atoms. The number of nitrogens with zero attached hydrogens (tertiary/aromatic N) is 3. The molecule has 1 aliphatic heterocycles. The van der Waals surface area contributed by atoms with E-state index >= 15 is 0 Å². The third-order valence-corrected chi connectivity index (χ3v) is 7.50. The number of carbonyl (C=O) groups excluding carboxylic acids is 1. The van der Waals surface area contributed by atoms with Crippen molar-refractivity contribution < 1.29 is 9.53 Å². The number of hydrogen-bond acceptors (Lipinski definition) is 4. The van der Waals surface area contributed by atoms with E-state index in [9.17, 15) is 9.59 Å². The van der Waals surface area contributed by atoms with E-state index in [1.54, 1.807) is 15.5 Å². The lowest BCUT2D eigenvalue weighted by Crippen LogP contribution is -2.53. The fraction of sp³-hybridized carbons (Fsp3) is 0.250. The van der Waals surface area contributed by atoms with E-state index in [-0.39, 0.29) is 24.6 Å². The summed E-state index contributed by atoms with van der Waals surface area (Å²) in [5.74, 6) is 0.559. The van der Waals surface area contributed by atoms with Crippen molar-refractivity contribution in [2.24, 2.45) is 0 Å². The zero-order chi connectivity index (χ0) is 24.3. The normalized spacial score (nSPS) is 16.0. The maximum Gasteiger partial charge on any atom is 0.410 e. The summed E-state index contributed by atoms with van der Waals surface area (Å²) in [7, 11) is 0. The van der Waals surface area contributed by atoms with Crippen molar-refractivity contribution in [3.8, 4) is 11.1 Å². The maximum absolute atomic E-state index is 13.3. The number of amides is 1. The molecule has 0 unspecified atom stereocenters. The van der Waals surface area contributed by atoms with E-state index in [0.29, 0.717) is 23.3 Å². The van der Waals surface area contributed by atoms with Crippen LogP contribution < -0.4 is 5.56 Å². The van der Waals surface area contributed by atoms with E-state index in [0.717, 1.165) is 4.47 Å². The van der Waals surface area contributed by atoms with Gasteiger partial charge in [-0.3, -0.25) is 14.3 Å². The molecule has 0 fully saturated rings. The van der Waals surface area contributed by atoms with E-state index in [1.807, 2.05) is 50.2 Å². The number of rotatable bonds is 2. The summed E-state index contributed by atoms with van der Waals surface area (Å²) in [5, 5.41) is 0.569. The van der Waals surface area contributed by atoms with Gasteiger partial charge < -0.3 is 4.74 Å². The first-order chi connectivity index (χ1) is 16.8. The minimum Gasteiger partial charge on any atom is -0.448 e. The molecule has 4 aromatic rings. The molecular formula is C28H24BrN3O3. The lowest BCUT2D eigenvalue weighted by atomic mass is 9.98. The van der Waals surface area contributed by atoms with Gasteiger partial charge in [-0.15, -0.1) is 0 Å². The van der Waals surface area contributed by atoms with E-state index in [1.165, 1.54) is 22.3 Å². The van der Waals surface area contributed by atoms with Gasteiger partial charge in [0, 0.05) is 16.9 Å². The van der Waals surface area contributed by atoms with Gasteiger partial charge in [0.1, 0.15) is 12.4 Å². The van der Waals surface area contributed by atoms with Crippen LogP contribution in [0.1, 0.15) is 36.7 Å². The topological polar surface area (TPSA) is 64.4 Å². The van der Waals surface area contributed by atoms with Crippen molar-refractivity contribution in [3.05, 3.63) is 98.5 Å². The van der Waals surface area contributed by atoms with Crippen molar-refractivity contribution in [2.75, 3.05) is 13.2 Å². The third-order valence-electron chi connectivity index (χ3n) is 7.01. The summed E-state index contributed by atoms with van der Waals surface area (Å²) in [5.41, 5.74) is 4.64. The van der Waals surface area contributed by atoms with Gasteiger partial charge in [0.2, 0.25) is 0 Å². The number of fused-ring (bicyclic) bond motifs is 5. The highest BCUT2D eigenvalue weighted by Gasteiger charge is 2.37. The highest BCUT2D eigenvalue weighted by Crippen LogP contribution is 2.44. The average Bonchev–Trinajstić information content (AvgIpc) is 3.15. The molecule has 6 nitrogen and oxygen atoms in total. The quantitative estimate of drug-likeness (QED) is 0.336. The van der Waals surface area contributed by atoms with Gasteiger partial charge in [0.25, 0.3) is 5.56 Å². The first-order valence-corrected chi connectivity index (χ1v) is 12.4. The second-order valence-corrected chi connectivity index (χ2v) is 10.7. The molecular weight excluding hydrogens is 506 g/mol. The monoisotopic (exact) mass is 529 g/mol. The Morgan fingerprint density at radius 2 is 1.71 bits per heavy atom. The van der Waals surface area contributed by atoms with E-state index in [4.69, 9.17) is 9.72 Å². The van der Waals surface area contributed by atoms with Crippen LogP contribution in [0.5, 0.6) is 0 Å². The van der Waals surface area contributed by atoms with Gasteiger partial charge in [0.15, 0.2) is 0 Å². The third kappa shape index (κ3) is 3.57. The fourth-order valence-corrected chi connectivity index (χ4v) is 5.86. The van der Waals surface area contributed by atoms with Gasteiger partial charge in [0.05, 0.1) is 23.0 Å². The Morgan fingerprint density at radius 3 is 2.40 bits per heavy atom. The molecule has 7 heteroatoms. The van der Waals surface area contributed by atoms with Crippen LogP contribution in [0.4, 0.5) is 4.79 Å². The zero-order valence-electron chi connectivity index (χ0n) is 19.5. The largest absolute Gasteiger partial charge is 0.448 e. The Bertz CT molecular complexity index is 1510. The van der Waals surface area contributed by atoms with Crippen LogP contribution in [0, 0.1) is 0 Å². The van der Waals surface area contributed by atoms with Crippen LogP contribution in [0.2, 0.25) is 0 Å². The lowest BCUT2D eigenvalue weighted by molar-refractivity contribution is 0.0671. The molecule has 0 bridgehead atoms. The Kier molecular flexibility index (Phi) is 5.07. The molecule has 35 heavy (non-hydrogen) atoms. The average molecular weight is 530 g/mol. The van der Waals surface area contributed by atoms with Crippen LogP contribution in [0.3, 0.4) is 0 Å². The second-order valence-electron chi connectivity index (χ2n) is 9.80. The van der Waals surface area contributed by atoms with Crippen molar-refractivity contribution >= 4 is 32.9 Å². The van der Waals surface area contributed by atoms with Crippen LogP contribution in [0.25, 0.3) is 22.0 Å². The molecule has 1 aromatic heterocycles. The Balaban J connectivity index is 1.28. The molecule has 0 N–H and O–H groups in total. The summed E-state index contributed by atoms with van der Waals surface area (Å²) in [6.07, 6.45) is -0.394. The number of halogens is 1. The highest BCUT2D eigenvalue weighted by atomic mass is 79.9. The molecule has 6 rings (SSSR count). The van der Waals surface area contributed by atoms with Crippen LogP contribution in [-0.4, -0.2) is 33.7 Å². The van der Waals surface area contributed by atoms with E-state index in [2.05, 4.69) is 40.2 Å². The lowest BCUT2D eigenvalue weighted by Gasteiger charge is -2.40. The Labute approximate surface area is 211 Å². The smallest absolute Gasteiger partial charge is 0.410 e. The van der Waals surface area contributed by atoms with Crippen LogP contribution in [-0.2, 0) is 16.8 Å². The first-order valence-electron chi connectivity index (χ1n) is 11.6. The molecule has 3 aromatic carbocycles. The number of carbonyl (C=O) groups is 1. The molecule has 2 aliphatic rings. The minimum atomic E-state index is -0.621. The van der Waals surface area contributed by atoms with Crippen molar-refractivity contribution in [3.63, 3.8) is 0 Å². The van der Waals surface area contributed by atoms with Gasteiger partial charge in [-0.1, -0.05) is 64.5 Å². The van der Waals surface area contributed by atoms with Gasteiger partial charge in [-0.25, -0.2) is 9.78 Å². The number of ether oxygens (including phenoxy) is 1. The predicted octanol–water partition coefficient (Wildman–Crippen LogP) is 5.66. The predicted molar refractivity (Wildman–Crippen MR) is 139 cm³/mol. The summed E-state index contributed by atoms with van der Waals surface area (Å²) >= 11 is 3.45. The molecule has 0 saturated heterocycles. The fourth-order valence-electron chi connectivity index (χ4n) is 5.51. The Morgan fingerprint density at radius 1 is 1.06 bits per heavy atom. The van der Waals surface area contributed by atoms with Gasteiger partial charge in [-0.05, 0) is 54.3 Å². The highest BCUT2D eigenvalue weighted by molar-refractivity contribution is 9.10. The van der Waals surface area contributed by atoms with Crippen LogP contribution >= 0.6 is 15.9 Å². The number of hydrogen-bond donors (Lipinski definition) is 0. The summed E-state index contributed by atoms with van der Waals surface area (Å²) in [6.45, 7) is 4.74. The van der Waals surface area contributed by atoms with Crippen molar-refractivity contribution in [2.45, 2.75) is 31.8 Å².